The summed E-state index contributed by atoms with van der Waals surface area (Å²) >= 11 is 0. The van der Waals surface area contributed by atoms with Crippen molar-refractivity contribution in [2.45, 2.75) is 57.1 Å². The minimum atomic E-state index is -3.25. The standard InChI is InChI=1S/C23H25F4N5O4/c24-20(25)36-21-28-11-15(12-29-21)18(9-19(33)34)32-8-7-31(22(32)35)13-23(26,27)10-16-6-5-14-3-1-2-4-17(14)30-16/h5-6,11-12,18,20H,1-4,7-10,13H2,(H,33,34)/t18-/m0/s1. The molecule has 1 aliphatic carbocycles. The van der Waals surface area contributed by atoms with Gasteiger partial charge in [0.2, 0.25) is 0 Å². The molecule has 1 saturated heterocycles. The number of pyridine rings is 1. The third kappa shape index (κ3) is 6.18. The molecule has 4 rings (SSSR count). The molecule has 194 valence electrons. The van der Waals surface area contributed by atoms with Crippen molar-refractivity contribution in [1.29, 1.82) is 0 Å². The predicted molar refractivity (Wildman–Crippen MR) is 117 cm³/mol. The zero-order valence-corrected chi connectivity index (χ0v) is 19.2. The highest BCUT2D eigenvalue weighted by Gasteiger charge is 2.41. The molecule has 1 atom stereocenters. The van der Waals surface area contributed by atoms with Crippen molar-refractivity contribution in [2.24, 2.45) is 0 Å². The molecule has 1 aliphatic heterocycles. The minimum absolute atomic E-state index is 0.000753. The van der Waals surface area contributed by atoms with Crippen molar-refractivity contribution in [1.82, 2.24) is 24.8 Å². The van der Waals surface area contributed by atoms with Gasteiger partial charge < -0.3 is 19.6 Å². The number of rotatable bonds is 10. The number of alkyl halides is 4. The van der Waals surface area contributed by atoms with Gasteiger partial charge in [-0.25, -0.2) is 23.5 Å². The summed E-state index contributed by atoms with van der Waals surface area (Å²) in [6.45, 7) is -4.02. The Balaban J connectivity index is 1.44. The quantitative estimate of drug-likeness (QED) is 0.487. The number of urea groups is 1. The Morgan fingerprint density at radius 3 is 2.56 bits per heavy atom. The van der Waals surface area contributed by atoms with Crippen LogP contribution in [0.4, 0.5) is 22.4 Å². The third-order valence-corrected chi connectivity index (χ3v) is 6.20. The molecule has 2 amide bonds. The average Bonchev–Trinajstić information content (AvgIpc) is 3.16. The maximum Gasteiger partial charge on any atom is 0.389 e. The summed E-state index contributed by atoms with van der Waals surface area (Å²) in [4.78, 5) is 38.2. The lowest BCUT2D eigenvalue weighted by Crippen LogP contribution is -2.42. The van der Waals surface area contributed by atoms with Gasteiger partial charge in [-0.3, -0.25) is 9.78 Å². The largest absolute Gasteiger partial charge is 0.481 e. The lowest BCUT2D eigenvalue weighted by molar-refractivity contribution is -0.138. The van der Waals surface area contributed by atoms with Gasteiger partial charge in [0.25, 0.3) is 5.92 Å². The molecule has 1 fully saturated rings. The maximum atomic E-state index is 14.9. The molecular weight excluding hydrogens is 486 g/mol. The molecular formula is C23H25F4N5O4. The SMILES string of the molecule is O=C(O)C[C@@H](c1cnc(OC(F)F)nc1)N1CCN(CC(F)(F)Cc2ccc3c(n2)CCCC3)C1=O. The van der Waals surface area contributed by atoms with Gasteiger partial charge in [-0.1, -0.05) is 6.07 Å². The number of carbonyl (C=O) groups excluding carboxylic acids is 1. The van der Waals surface area contributed by atoms with E-state index in [9.17, 15) is 32.3 Å². The molecule has 0 radical (unpaired) electrons. The Morgan fingerprint density at radius 2 is 1.86 bits per heavy atom. The second-order valence-electron chi connectivity index (χ2n) is 8.84. The number of hydrogen-bond acceptors (Lipinski definition) is 6. The van der Waals surface area contributed by atoms with Crippen LogP contribution in [0.2, 0.25) is 0 Å². The highest BCUT2D eigenvalue weighted by Crippen LogP contribution is 2.31. The summed E-state index contributed by atoms with van der Waals surface area (Å²) in [5, 5.41) is 9.32. The van der Waals surface area contributed by atoms with Crippen LogP contribution in [0.25, 0.3) is 0 Å². The molecule has 0 spiro atoms. The van der Waals surface area contributed by atoms with E-state index in [1.807, 2.05) is 6.07 Å². The summed E-state index contributed by atoms with van der Waals surface area (Å²) < 4.78 is 58.6. The maximum absolute atomic E-state index is 14.9. The van der Waals surface area contributed by atoms with Crippen LogP contribution in [0, 0.1) is 0 Å². The first-order chi connectivity index (χ1) is 17.1. The van der Waals surface area contributed by atoms with Crippen LogP contribution in [0.3, 0.4) is 0 Å². The summed E-state index contributed by atoms with van der Waals surface area (Å²) in [5.41, 5.74) is 2.35. The smallest absolute Gasteiger partial charge is 0.389 e. The second kappa shape index (κ2) is 10.6. The fraction of sp³-hybridized carbons (Fsp3) is 0.522. The fourth-order valence-corrected chi connectivity index (χ4v) is 4.58. The molecule has 13 heteroatoms. The Bertz CT molecular complexity index is 1100. The number of carboxylic acid groups (broad SMARTS) is 1. The van der Waals surface area contributed by atoms with E-state index in [1.165, 1.54) is 0 Å². The van der Waals surface area contributed by atoms with Gasteiger partial charge in [0.15, 0.2) is 0 Å². The molecule has 3 heterocycles. The second-order valence-corrected chi connectivity index (χ2v) is 8.84. The van der Waals surface area contributed by atoms with E-state index >= 15 is 0 Å². The van der Waals surface area contributed by atoms with Gasteiger partial charge >= 0.3 is 24.6 Å². The van der Waals surface area contributed by atoms with Crippen LogP contribution in [0.15, 0.2) is 24.5 Å². The molecule has 0 saturated carbocycles. The van der Waals surface area contributed by atoms with E-state index in [0.717, 1.165) is 59.1 Å². The molecule has 2 aromatic heterocycles. The van der Waals surface area contributed by atoms with Crippen LogP contribution in [-0.4, -0.2) is 74.0 Å². The lowest BCUT2D eigenvalue weighted by Gasteiger charge is -2.28. The summed E-state index contributed by atoms with van der Waals surface area (Å²) in [6.07, 6.45) is 4.66. The van der Waals surface area contributed by atoms with E-state index in [1.54, 1.807) is 6.07 Å². The van der Waals surface area contributed by atoms with E-state index in [4.69, 9.17) is 0 Å². The molecule has 9 nitrogen and oxygen atoms in total. The molecule has 2 aromatic rings. The number of aromatic nitrogens is 3. The number of nitrogens with zero attached hydrogens (tertiary/aromatic N) is 5. The number of ether oxygens (including phenoxy) is 1. The van der Waals surface area contributed by atoms with Crippen molar-refractivity contribution in [2.75, 3.05) is 19.6 Å². The highest BCUT2D eigenvalue weighted by molar-refractivity contribution is 5.78. The zero-order valence-electron chi connectivity index (χ0n) is 19.2. The fourth-order valence-electron chi connectivity index (χ4n) is 4.58. The number of aliphatic carboxylic acids is 1. The van der Waals surface area contributed by atoms with E-state index in [0.29, 0.717) is 0 Å². The third-order valence-electron chi connectivity index (χ3n) is 6.20. The van der Waals surface area contributed by atoms with Crippen molar-refractivity contribution in [3.05, 3.63) is 47.0 Å². The molecule has 0 aromatic carbocycles. The summed E-state index contributed by atoms with van der Waals surface area (Å²) in [5.74, 6) is -4.50. The number of amides is 2. The van der Waals surface area contributed by atoms with Gasteiger partial charge in [-0.15, -0.1) is 0 Å². The number of halogens is 4. The molecule has 0 unspecified atom stereocenters. The Hall–Kier alpha value is -3.51. The Morgan fingerprint density at radius 1 is 1.14 bits per heavy atom. The minimum Gasteiger partial charge on any atom is -0.481 e. The van der Waals surface area contributed by atoms with Crippen molar-refractivity contribution >= 4 is 12.0 Å². The van der Waals surface area contributed by atoms with Crippen LogP contribution in [0.1, 0.15) is 47.8 Å². The van der Waals surface area contributed by atoms with Crippen molar-refractivity contribution < 1.29 is 37.0 Å². The summed E-state index contributed by atoms with van der Waals surface area (Å²) in [7, 11) is 0. The lowest BCUT2D eigenvalue weighted by atomic mass is 9.95. The van der Waals surface area contributed by atoms with E-state index in [2.05, 4.69) is 19.7 Å². The first-order valence-corrected chi connectivity index (χ1v) is 11.5. The van der Waals surface area contributed by atoms with Gasteiger partial charge in [0.05, 0.1) is 25.4 Å². The number of fused-ring (bicyclic) bond motifs is 1. The first kappa shape index (κ1) is 25.6. The molecule has 2 aliphatic rings. The molecule has 1 N–H and O–H groups in total. The normalized spacial score (nSPS) is 16.9. The number of aryl methyl sites for hydroxylation is 2. The first-order valence-electron chi connectivity index (χ1n) is 11.5. The Labute approximate surface area is 204 Å². The van der Waals surface area contributed by atoms with Gasteiger partial charge in [-0.2, -0.15) is 8.78 Å². The van der Waals surface area contributed by atoms with E-state index in [-0.39, 0.29) is 24.3 Å². The van der Waals surface area contributed by atoms with Gasteiger partial charge in [0, 0.05) is 42.4 Å². The number of carboxylic acids is 1. The van der Waals surface area contributed by atoms with Crippen molar-refractivity contribution in [3.63, 3.8) is 0 Å². The van der Waals surface area contributed by atoms with Gasteiger partial charge in [-0.05, 0) is 37.3 Å². The van der Waals surface area contributed by atoms with Crippen LogP contribution in [0.5, 0.6) is 6.01 Å². The Kier molecular flexibility index (Phi) is 7.55. The average molecular weight is 511 g/mol. The number of hydrogen-bond donors (Lipinski definition) is 1. The number of carbonyl (C=O) groups is 2. The zero-order chi connectivity index (χ0) is 25.9. The van der Waals surface area contributed by atoms with Crippen molar-refractivity contribution in [3.8, 4) is 6.01 Å². The predicted octanol–water partition coefficient (Wildman–Crippen LogP) is 3.48. The summed E-state index contributed by atoms with van der Waals surface area (Å²) in [6, 6.07) is 0.989. The van der Waals surface area contributed by atoms with Crippen LogP contribution >= 0.6 is 0 Å². The molecule has 36 heavy (non-hydrogen) atoms. The molecule has 0 bridgehead atoms. The van der Waals surface area contributed by atoms with Crippen LogP contribution in [-0.2, 0) is 24.1 Å². The topological polar surface area (TPSA) is 109 Å². The monoisotopic (exact) mass is 511 g/mol. The van der Waals surface area contributed by atoms with E-state index < -0.39 is 56.0 Å². The highest BCUT2D eigenvalue weighted by atomic mass is 19.3. The van der Waals surface area contributed by atoms with Crippen LogP contribution < -0.4 is 4.74 Å². The van der Waals surface area contributed by atoms with Gasteiger partial charge in [0.1, 0.15) is 0 Å².